The summed E-state index contributed by atoms with van der Waals surface area (Å²) in [5.74, 6) is 0.126. The smallest absolute Gasteiger partial charge is 0.339 e. The fourth-order valence-corrected chi connectivity index (χ4v) is 7.45. The molecule has 0 spiro atoms. The van der Waals surface area contributed by atoms with Gasteiger partial charge in [-0.25, -0.2) is 9.59 Å². The van der Waals surface area contributed by atoms with Crippen LogP contribution < -0.4 is 5.32 Å². The summed E-state index contributed by atoms with van der Waals surface area (Å²) in [6, 6.07) is -0.337. The van der Waals surface area contributed by atoms with Crippen LogP contribution in [0.2, 0.25) is 0 Å². The molecule has 1 aromatic rings. The van der Waals surface area contributed by atoms with E-state index in [1.165, 1.54) is 45.8 Å². The van der Waals surface area contributed by atoms with Crippen LogP contribution in [0, 0.1) is 5.92 Å². The molecule has 1 saturated carbocycles. The average Bonchev–Trinajstić information content (AvgIpc) is 3.34. The minimum absolute atomic E-state index is 0.0597. The fraction of sp³-hybridized carbons (Fsp3) is 0.773. The molecule has 2 heterocycles. The third-order valence-electron chi connectivity index (χ3n) is 6.62. The number of thioether (sulfide) groups is 1. The van der Waals surface area contributed by atoms with Crippen LogP contribution in [0.25, 0.3) is 0 Å². The Morgan fingerprint density at radius 1 is 1.20 bits per heavy atom. The summed E-state index contributed by atoms with van der Waals surface area (Å²) < 4.78 is 33.9. The van der Waals surface area contributed by atoms with E-state index in [4.69, 9.17) is 4.74 Å². The van der Waals surface area contributed by atoms with E-state index >= 15 is 0 Å². The second-order valence-corrected chi connectivity index (χ2v) is 13.7. The normalized spacial score (nSPS) is 23.1. The first-order chi connectivity index (χ1) is 16.6. The van der Waals surface area contributed by atoms with Crippen LogP contribution in [-0.4, -0.2) is 90.2 Å². The molecule has 1 aliphatic heterocycles. The minimum atomic E-state index is -3.49. The van der Waals surface area contributed by atoms with Gasteiger partial charge in [0, 0.05) is 39.3 Å². The molecule has 13 heteroatoms. The highest BCUT2D eigenvalue weighted by molar-refractivity contribution is 8.02. The number of piperidine rings is 1. The number of carbonyl (C=O) groups excluding carboxylic acids is 2. The van der Waals surface area contributed by atoms with E-state index in [0.717, 1.165) is 29.9 Å². The molecule has 2 aliphatic rings. The maximum atomic E-state index is 13.7. The molecular formula is C22H37N5O5S3. The average molecular weight is 548 g/mol. The predicted molar refractivity (Wildman–Crippen MR) is 137 cm³/mol. The molecule has 198 valence electrons. The number of amides is 2. The van der Waals surface area contributed by atoms with Crippen LogP contribution >= 0.6 is 23.1 Å². The van der Waals surface area contributed by atoms with E-state index in [1.54, 1.807) is 18.6 Å². The van der Waals surface area contributed by atoms with Gasteiger partial charge in [-0.3, -0.25) is 4.98 Å². The van der Waals surface area contributed by atoms with Gasteiger partial charge in [-0.15, -0.1) is 11.3 Å². The van der Waals surface area contributed by atoms with E-state index in [0.29, 0.717) is 31.8 Å². The molecule has 2 amide bonds. The zero-order valence-corrected chi connectivity index (χ0v) is 23.3. The second kappa shape index (κ2) is 12.7. The van der Waals surface area contributed by atoms with E-state index in [1.807, 2.05) is 4.90 Å². The van der Waals surface area contributed by atoms with Crippen molar-refractivity contribution in [1.82, 2.24) is 23.8 Å². The lowest BCUT2D eigenvalue weighted by atomic mass is 9.85. The molecule has 1 N–H and O–H groups in total. The Bertz CT molecular complexity index is 927. The van der Waals surface area contributed by atoms with Crippen LogP contribution in [0.15, 0.2) is 15.9 Å². The quantitative estimate of drug-likeness (QED) is 0.287. The van der Waals surface area contributed by atoms with Gasteiger partial charge in [0.15, 0.2) is 5.37 Å². The summed E-state index contributed by atoms with van der Waals surface area (Å²) in [6.07, 6.45) is 6.65. The van der Waals surface area contributed by atoms with Crippen molar-refractivity contribution in [3.63, 3.8) is 0 Å². The third-order valence-corrected chi connectivity index (χ3v) is 10.6. The highest BCUT2D eigenvalue weighted by atomic mass is 32.2. The van der Waals surface area contributed by atoms with Gasteiger partial charge in [-0.2, -0.15) is 17.0 Å². The zero-order valence-electron chi connectivity index (χ0n) is 20.9. The van der Waals surface area contributed by atoms with Crippen molar-refractivity contribution in [3.8, 4) is 0 Å². The van der Waals surface area contributed by atoms with Gasteiger partial charge in [0.25, 0.3) is 10.2 Å². The Kier molecular flexibility index (Phi) is 10.2. The van der Waals surface area contributed by atoms with E-state index in [9.17, 15) is 18.0 Å². The lowest BCUT2D eigenvalue weighted by Gasteiger charge is -2.44. The highest BCUT2D eigenvalue weighted by Crippen LogP contribution is 2.32. The van der Waals surface area contributed by atoms with Crippen molar-refractivity contribution in [3.05, 3.63) is 11.7 Å². The van der Waals surface area contributed by atoms with Gasteiger partial charge in [-0.05, 0) is 51.4 Å². The minimum Gasteiger partial charge on any atom is -0.464 e. The Balaban J connectivity index is 1.76. The number of nitrogens with one attached hydrogen (secondary N) is 1. The van der Waals surface area contributed by atoms with Crippen LogP contribution in [0.5, 0.6) is 0 Å². The SMILES string of the molecule is CCOC(=O)C(NC(=O)N(C1CCC(C)CC1)C1CCN(S(=O)(=O)N(C)C)CC1)Sc1cncs1. The molecule has 10 nitrogen and oxygen atoms in total. The summed E-state index contributed by atoms with van der Waals surface area (Å²) in [4.78, 5) is 32.3. The molecule has 2 fully saturated rings. The Labute approximate surface area is 216 Å². The van der Waals surface area contributed by atoms with Crippen LogP contribution in [-0.2, 0) is 19.7 Å². The van der Waals surface area contributed by atoms with Gasteiger partial charge in [0.1, 0.15) is 0 Å². The van der Waals surface area contributed by atoms with Crippen molar-refractivity contribution >= 4 is 45.3 Å². The van der Waals surface area contributed by atoms with Crippen LogP contribution in [0.4, 0.5) is 4.79 Å². The number of rotatable bonds is 9. The van der Waals surface area contributed by atoms with Crippen molar-refractivity contribution in [1.29, 1.82) is 0 Å². The largest absolute Gasteiger partial charge is 0.464 e. The van der Waals surface area contributed by atoms with E-state index in [2.05, 4.69) is 17.2 Å². The first kappa shape index (κ1) is 28.2. The van der Waals surface area contributed by atoms with Gasteiger partial charge in [0.2, 0.25) is 0 Å². The van der Waals surface area contributed by atoms with Crippen LogP contribution in [0.1, 0.15) is 52.4 Å². The first-order valence-electron chi connectivity index (χ1n) is 12.1. The van der Waals surface area contributed by atoms with Crippen molar-refractivity contribution < 1.29 is 22.7 Å². The molecular weight excluding hydrogens is 510 g/mol. The number of ether oxygens (including phenoxy) is 1. The number of nitrogens with zero attached hydrogens (tertiary/aromatic N) is 4. The van der Waals surface area contributed by atoms with Gasteiger partial charge in [0.05, 0.1) is 22.5 Å². The van der Waals surface area contributed by atoms with Gasteiger partial charge in [-0.1, -0.05) is 18.7 Å². The van der Waals surface area contributed by atoms with Crippen molar-refractivity contribution in [2.45, 2.75) is 74.0 Å². The lowest BCUT2D eigenvalue weighted by Crippen LogP contribution is -2.58. The fourth-order valence-electron chi connectivity index (χ4n) is 4.65. The molecule has 1 aliphatic carbocycles. The number of thiazole rings is 1. The molecule has 1 aromatic heterocycles. The molecule has 1 unspecified atom stereocenters. The molecule has 35 heavy (non-hydrogen) atoms. The summed E-state index contributed by atoms with van der Waals surface area (Å²) in [7, 11) is -0.432. The first-order valence-corrected chi connectivity index (χ1v) is 15.3. The van der Waals surface area contributed by atoms with Gasteiger partial charge < -0.3 is 15.0 Å². The topological polar surface area (TPSA) is 112 Å². The number of urea groups is 1. The third kappa shape index (κ3) is 7.31. The molecule has 0 radical (unpaired) electrons. The van der Waals surface area contributed by atoms with E-state index < -0.39 is 21.6 Å². The van der Waals surface area contributed by atoms with Gasteiger partial charge >= 0.3 is 12.0 Å². The van der Waals surface area contributed by atoms with Crippen LogP contribution in [0.3, 0.4) is 0 Å². The summed E-state index contributed by atoms with van der Waals surface area (Å²) in [5.41, 5.74) is 1.68. The summed E-state index contributed by atoms with van der Waals surface area (Å²) in [6.45, 7) is 4.90. The molecule has 0 aromatic carbocycles. The number of hydrogen-bond acceptors (Lipinski definition) is 8. The van der Waals surface area contributed by atoms with E-state index in [-0.39, 0.29) is 24.7 Å². The summed E-state index contributed by atoms with van der Waals surface area (Å²) >= 11 is 2.62. The number of carbonyl (C=O) groups is 2. The number of esters is 1. The van der Waals surface area contributed by atoms with Crippen molar-refractivity contribution in [2.24, 2.45) is 5.92 Å². The monoisotopic (exact) mass is 547 g/mol. The standard InChI is InChI=1S/C22H37N5O5S3/c1-5-32-21(28)20(34-19-14-23-15-33-19)24-22(29)27(17-8-6-16(2)7-9-17)18-10-12-26(13-11-18)35(30,31)25(3)4/h14-18,20H,5-13H2,1-4H3,(H,24,29). The maximum Gasteiger partial charge on any atom is 0.339 e. The Hall–Kier alpha value is -1.41. The van der Waals surface area contributed by atoms with Crippen molar-refractivity contribution in [2.75, 3.05) is 33.8 Å². The highest BCUT2D eigenvalue weighted by Gasteiger charge is 2.39. The summed E-state index contributed by atoms with van der Waals surface area (Å²) in [5, 5.41) is 2.03. The Morgan fingerprint density at radius 3 is 2.37 bits per heavy atom. The zero-order chi connectivity index (χ0) is 25.6. The number of aromatic nitrogens is 1. The predicted octanol–water partition coefficient (Wildman–Crippen LogP) is 2.99. The molecule has 1 atom stereocenters. The molecule has 1 saturated heterocycles. The second-order valence-electron chi connectivity index (χ2n) is 9.26. The maximum absolute atomic E-state index is 13.7. The lowest BCUT2D eigenvalue weighted by molar-refractivity contribution is -0.142. The Morgan fingerprint density at radius 2 is 1.83 bits per heavy atom. The molecule has 0 bridgehead atoms. The molecule has 3 rings (SSSR count). The number of hydrogen-bond donors (Lipinski definition) is 1.